The highest BCUT2D eigenvalue weighted by Crippen LogP contribution is 1.41. The lowest BCUT2D eigenvalue weighted by Crippen LogP contribution is -1.60. The zero-order chi connectivity index (χ0) is 3.41. The fraction of sp³-hybridized carbons (Fsp3) is 0.500. The van der Waals surface area contributed by atoms with Crippen molar-refractivity contribution in [2.75, 3.05) is 0 Å². The summed E-state index contributed by atoms with van der Waals surface area (Å²) < 4.78 is 0. The first kappa shape index (κ1) is 4.21. The summed E-state index contributed by atoms with van der Waals surface area (Å²) >= 11 is 0. The van der Waals surface area contributed by atoms with Gasteiger partial charge >= 0.3 is 0 Å². The van der Waals surface area contributed by atoms with Crippen molar-refractivity contribution >= 4 is 19.2 Å². The summed E-state index contributed by atoms with van der Waals surface area (Å²) in [6.07, 6.45) is 0. The molecule has 0 saturated carbocycles. The van der Waals surface area contributed by atoms with Crippen LogP contribution in [0.1, 0.15) is 0 Å². The third kappa shape index (κ3) is 2.21. The second kappa shape index (κ2) is 3.21. The molecule has 0 nitrogen and oxygen atoms in total. The minimum Gasteiger partial charge on any atom is -0.158 e. The molecule has 0 aromatic rings. The molecule has 2 heteroatoms. The van der Waals surface area contributed by atoms with Gasteiger partial charge in [0.2, 0.25) is 0 Å². The highest BCUT2D eigenvalue weighted by Gasteiger charge is 1.46. The summed E-state index contributed by atoms with van der Waals surface area (Å²) in [6.45, 7) is 0. The van der Waals surface area contributed by atoms with Gasteiger partial charge in [-0.05, 0) is 14.6 Å². The van der Waals surface area contributed by atoms with Crippen LogP contribution < -0.4 is 0 Å². The Morgan fingerprint density at radius 3 is 2.25 bits per heavy atom. The molecule has 0 saturated heterocycles. The Balaban J connectivity index is 2.43. The molecule has 0 amide bonds. The minimum absolute atomic E-state index is 0.554. The Bertz CT molecular complexity index is 33.8. The number of hydrogen-bond donors (Lipinski definition) is 0. The molecular formula is C2H3Si2. The molecular weight excluding hydrogens is 80.2 g/mol. The van der Waals surface area contributed by atoms with E-state index in [1.807, 2.05) is 0 Å². The van der Waals surface area contributed by atoms with E-state index >= 15 is 0 Å². The molecule has 0 aromatic carbocycles. The first-order valence-electron chi connectivity index (χ1n) is 0.996. The van der Waals surface area contributed by atoms with E-state index in [2.05, 4.69) is 10.2 Å². The number of hydrogen-bond acceptors (Lipinski definition) is 0. The van der Waals surface area contributed by atoms with Crippen LogP contribution in [0.5, 0.6) is 0 Å². The lowest BCUT2D eigenvalue weighted by atomic mass is 11.9. The van der Waals surface area contributed by atoms with E-state index in [-0.39, 0.29) is 0 Å². The molecule has 0 spiro atoms. The summed E-state index contributed by atoms with van der Waals surface area (Å²) in [7, 11) is 3.73. The van der Waals surface area contributed by atoms with Gasteiger partial charge in [0.15, 0.2) is 0 Å². The van der Waals surface area contributed by atoms with Gasteiger partial charge in [-0.3, -0.25) is 0 Å². The zero-order valence-corrected chi connectivity index (χ0v) is 4.28. The van der Waals surface area contributed by atoms with E-state index in [1.54, 1.807) is 0 Å². The van der Waals surface area contributed by atoms with Crippen LogP contribution in [-0.2, 0) is 0 Å². The highest BCUT2D eigenvalue weighted by atomic mass is 28.2. The molecule has 0 atom stereocenters. The average Bonchev–Trinajstić information content (AvgIpc) is 1.37. The molecule has 0 bridgehead atoms. The molecule has 0 rings (SSSR count). The molecule has 0 N–H and O–H groups in total. The van der Waals surface area contributed by atoms with Crippen LogP contribution >= 0.6 is 0 Å². The van der Waals surface area contributed by atoms with Crippen molar-refractivity contribution in [2.24, 2.45) is 0 Å². The van der Waals surface area contributed by atoms with Crippen molar-refractivity contribution in [3.63, 3.8) is 0 Å². The maximum atomic E-state index is 5.01. The molecule has 19 valence electrons. The maximum absolute atomic E-state index is 5.01. The monoisotopic (exact) mass is 83.0 g/mol. The van der Waals surface area contributed by atoms with Gasteiger partial charge < -0.3 is 0 Å². The largest absolute Gasteiger partial charge is 0.158 e. The van der Waals surface area contributed by atoms with Gasteiger partial charge in [-0.1, -0.05) is 0 Å². The van der Waals surface area contributed by atoms with Crippen LogP contribution in [0.3, 0.4) is 0 Å². The second-order valence-electron chi connectivity index (χ2n) is 0.381. The molecule has 0 aliphatic carbocycles. The van der Waals surface area contributed by atoms with Crippen molar-refractivity contribution in [2.45, 2.75) is 5.67 Å². The molecule has 0 heterocycles. The van der Waals surface area contributed by atoms with Gasteiger partial charge in [-0.2, -0.15) is 6.00 Å². The van der Waals surface area contributed by atoms with Crippen molar-refractivity contribution < 1.29 is 0 Å². The summed E-state index contributed by atoms with van der Waals surface area (Å²) in [5, 5.41) is 0. The fourth-order valence-corrected chi connectivity index (χ4v) is 0. The Morgan fingerprint density at radius 1 is 2.00 bits per heavy atom. The molecule has 3 radical (unpaired) electrons. The van der Waals surface area contributed by atoms with E-state index < -0.39 is 0 Å². The van der Waals surface area contributed by atoms with Crippen LogP contribution in [0.15, 0.2) is 0 Å². The SMILES string of the molecule is C#[Si]C[Si]. The van der Waals surface area contributed by atoms with Crippen LogP contribution in [-0.4, -0.2) is 19.2 Å². The van der Waals surface area contributed by atoms with Gasteiger partial charge in [0.25, 0.3) is 0 Å². The predicted molar refractivity (Wildman–Crippen MR) is 21.3 cm³/mol. The zero-order valence-electron chi connectivity index (χ0n) is 2.28. The summed E-state index contributed by atoms with van der Waals surface area (Å²) in [5.74, 6) is 0. The fourth-order valence-electron chi connectivity index (χ4n) is 0. The Hall–Kier alpha value is 0.214. The quantitative estimate of drug-likeness (QED) is 0.357. The van der Waals surface area contributed by atoms with Gasteiger partial charge in [0, 0.05) is 10.2 Å². The van der Waals surface area contributed by atoms with E-state index in [0.717, 1.165) is 5.67 Å². The molecule has 4 heavy (non-hydrogen) atoms. The third-order valence-corrected chi connectivity index (χ3v) is 0.919. The molecule has 0 unspecified atom stereocenters. The molecule has 0 aliphatic heterocycles. The maximum Gasteiger partial charge on any atom is 0.0311 e. The van der Waals surface area contributed by atoms with Crippen molar-refractivity contribution in [1.29, 1.82) is 0 Å². The van der Waals surface area contributed by atoms with Gasteiger partial charge in [-0.15, -0.1) is 0 Å². The topological polar surface area (TPSA) is 0 Å². The Labute approximate surface area is 31.7 Å². The van der Waals surface area contributed by atoms with Crippen LogP contribution in [0, 0.1) is 6.00 Å². The van der Waals surface area contributed by atoms with E-state index in [9.17, 15) is 0 Å². The van der Waals surface area contributed by atoms with E-state index in [1.165, 1.54) is 0 Å². The lowest BCUT2D eigenvalue weighted by molar-refractivity contribution is 2.13. The van der Waals surface area contributed by atoms with Crippen LogP contribution in [0.4, 0.5) is 0 Å². The summed E-state index contributed by atoms with van der Waals surface area (Å²) in [4.78, 5) is 0. The number of rotatable bonds is 0. The standard InChI is InChI=1S/C2H3Si2/c1-4-2-3/h1H,2H2. The van der Waals surface area contributed by atoms with Crippen molar-refractivity contribution in [1.82, 2.24) is 0 Å². The Kier molecular flexibility index (Phi) is 3.39. The molecule has 0 aromatic heterocycles. The van der Waals surface area contributed by atoms with Gasteiger partial charge in [0.1, 0.15) is 0 Å². The van der Waals surface area contributed by atoms with Gasteiger partial charge in [-0.25, -0.2) is 0 Å². The summed E-state index contributed by atoms with van der Waals surface area (Å²) in [6, 6.07) is 5.01. The normalized spacial score (nSPS) is 5.00. The molecule has 0 fully saturated rings. The first-order valence-corrected chi connectivity index (χ1v) is 2.99. The molecule has 0 aliphatic rings. The lowest BCUT2D eigenvalue weighted by Gasteiger charge is -1.50. The van der Waals surface area contributed by atoms with Crippen LogP contribution in [0.25, 0.3) is 0 Å². The highest BCUT2D eigenvalue weighted by molar-refractivity contribution is 6.37. The summed E-state index contributed by atoms with van der Waals surface area (Å²) in [5.41, 5.74) is 0.931. The first-order chi connectivity index (χ1) is 1.91. The van der Waals surface area contributed by atoms with Crippen molar-refractivity contribution in [3.05, 3.63) is 0 Å². The minimum atomic E-state index is 0.554. The Morgan fingerprint density at radius 2 is 2.25 bits per heavy atom. The third-order valence-electron chi connectivity index (χ3n) is 0.102. The predicted octanol–water partition coefficient (Wildman–Crippen LogP) is -0.176. The van der Waals surface area contributed by atoms with Crippen LogP contribution in [0.2, 0.25) is 5.67 Å². The van der Waals surface area contributed by atoms with E-state index in [4.69, 9.17) is 6.00 Å². The van der Waals surface area contributed by atoms with E-state index in [0.29, 0.717) is 8.96 Å². The second-order valence-corrected chi connectivity index (χ2v) is 2.20. The van der Waals surface area contributed by atoms with Crippen molar-refractivity contribution in [3.8, 4) is 6.00 Å². The average molecular weight is 83.2 g/mol. The smallest absolute Gasteiger partial charge is 0.0311 e. The van der Waals surface area contributed by atoms with Gasteiger partial charge in [0.05, 0.1) is 0 Å².